The number of esters is 1. The molecule has 2 rings (SSSR count). The van der Waals surface area contributed by atoms with E-state index < -0.39 is 5.97 Å². The van der Waals surface area contributed by atoms with Crippen molar-refractivity contribution < 1.29 is 14.3 Å². The monoisotopic (exact) mass is 344 g/mol. The molecule has 0 aliphatic heterocycles. The fourth-order valence-electron chi connectivity index (χ4n) is 2.47. The van der Waals surface area contributed by atoms with Crippen molar-refractivity contribution in [1.29, 1.82) is 0 Å². The van der Waals surface area contributed by atoms with E-state index in [9.17, 15) is 9.59 Å². The lowest BCUT2D eigenvalue weighted by atomic mass is 10.1. The summed E-state index contributed by atoms with van der Waals surface area (Å²) in [6.45, 7) is 4.21. The first-order valence-corrected chi connectivity index (χ1v) is 8.18. The van der Waals surface area contributed by atoms with E-state index in [0.717, 1.165) is 5.56 Å². The van der Waals surface area contributed by atoms with Crippen LogP contribution in [-0.2, 0) is 16.6 Å². The van der Waals surface area contributed by atoms with Crippen molar-refractivity contribution in [3.63, 3.8) is 0 Å². The van der Waals surface area contributed by atoms with Crippen LogP contribution < -0.4 is 5.32 Å². The van der Waals surface area contributed by atoms with Crippen LogP contribution in [0.3, 0.4) is 0 Å². The number of nitrogens with zero attached hydrogens (tertiary/aromatic N) is 3. The molecule has 0 saturated heterocycles. The van der Waals surface area contributed by atoms with Crippen molar-refractivity contribution in [1.82, 2.24) is 14.7 Å². The zero-order valence-corrected chi connectivity index (χ0v) is 15.0. The zero-order valence-electron chi connectivity index (χ0n) is 15.0. The van der Waals surface area contributed by atoms with E-state index in [-0.39, 0.29) is 30.7 Å². The topological polar surface area (TPSA) is 76.5 Å². The highest BCUT2D eigenvalue weighted by Gasteiger charge is 2.21. The largest absolute Gasteiger partial charge is 0.462 e. The molecule has 1 atom stereocenters. The summed E-state index contributed by atoms with van der Waals surface area (Å²) in [5, 5.41) is 6.78. The Morgan fingerprint density at radius 1 is 1.32 bits per heavy atom. The van der Waals surface area contributed by atoms with Gasteiger partial charge in [0.1, 0.15) is 11.4 Å². The van der Waals surface area contributed by atoms with E-state index in [0.29, 0.717) is 5.82 Å². The fourth-order valence-corrected chi connectivity index (χ4v) is 2.47. The van der Waals surface area contributed by atoms with E-state index >= 15 is 0 Å². The third-order valence-electron chi connectivity index (χ3n) is 4.03. The van der Waals surface area contributed by atoms with Crippen molar-refractivity contribution in [2.45, 2.75) is 19.9 Å². The molecule has 134 valence electrons. The van der Waals surface area contributed by atoms with Crippen LogP contribution in [0.4, 0.5) is 5.82 Å². The maximum absolute atomic E-state index is 12.4. The van der Waals surface area contributed by atoms with E-state index in [1.54, 1.807) is 14.0 Å². The molecule has 1 amide bonds. The average Bonchev–Trinajstić information content (AvgIpc) is 2.96. The van der Waals surface area contributed by atoms with Gasteiger partial charge in [-0.05, 0) is 26.5 Å². The van der Waals surface area contributed by atoms with Crippen molar-refractivity contribution in [3.8, 4) is 0 Å². The molecule has 0 radical (unpaired) electrons. The van der Waals surface area contributed by atoms with Gasteiger partial charge in [0.25, 0.3) is 0 Å². The third kappa shape index (κ3) is 4.67. The van der Waals surface area contributed by atoms with Gasteiger partial charge in [-0.1, -0.05) is 30.3 Å². The molecular formula is C18H24N4O3. The van der Waals surface area contributed by atoms with Gasteiger partial charge in [-0.3, -0.25) is 14.4 Å². The number of carbonyl (C=O) groups excluding carboxylic acids is 2. The standard InChI is InChI=1S/C18H24N4O3/c1-5-25-18(24)15-11-19-22(4)17(15)20-16(23)12-21(3)13(2)14-9-7-6-8-10-14/h6-11,13H,5,12H2,1-4H3,(H,20,23). The zero-order chi connectivity index (χ0) is 18.4. The Balaban J connectivity index is 2.03. The molecule has 2 aromatic rings. The summed E-state index contributed by atoms with van der Waals surface area (Å²) in [5.41, 5.74) is 1.38. The first-order valence-electron chi connectivity index (χ1n) is 8.18. The van der Waals surface area contributed by atoms with Gasteiger partial charge in [0.15, 0.2) is 0 Å². The molecule has 1 aromatic carbocycles. The number of aromatic nitrogens is 2. The smallest absolute Gasteiger partial charge is 0.343 e. The number of nitrogens with one attached hydrogen (secondary N) is 1. The quantitative estimate of drug-likeness (QED) is 0.780. The maximum Gasteiger partial charge on any atom is 0.343 e. The molecule has 25 heavy (non-hydrogen) atoms. The minimum absolute atomic E-state index is 0.0861. The molecule has 0 fully saturated rings. The molecule has 7 nitrogen and oxygen atoms in total. The predicted molar refractivity (Wildman–Crippen MR) is 95.3 cm³/mol. The van der Waals surface area contributed by atoms with Crippen molar-refractivity contribution in [2.24, 2.45) is 7.05 Å². The van der Waals surface area contributed by atoms with Gasteiger partial charge in [-0.2, -0.15) is 5.10 Å². The Kier molecular flexibility index (Phi) is 6.30. The van der Waals surface area contributed by atoms with Crippen LogP contribution in [-0.4, -0.2) is 46.8 Å². The minimum Gasteiger partial charge on any atom is -0.462 e. The summed E-state index contributed by atoms with van der Waals surface area (Å²) in [5.74, 6) is -0.388. The summed E-state index contributed by atoms with van der Waals surface area (Å²) in [6.07, 6.45) is 1.39. The molecule has 7 heteroatoms. The van der Waals surface area contributed by atoms with E-state index in [1.807, 2.05) is 49.2 Å². The highest BCUT2D eigenvalue weighted by Crippen LogP contribution is 2.19. The second kappa shape index (κ2) is 8.43. The first-order chi connectivity index (χ1) is 11.9. The van der Waals surface area contributed by atoms with Gasteiger partial charge < -0.3 is 10.1 Å². The molecule has 0 saturated carbocycles. The van der Waals surface area contributed by atoms with Crippen LogP contribution in [0.5, 0.6) is 0 Å². The van der Waals surface area contributed by atoms with Gasteiger partial charge in [0.2, 0.25) is 5.91 Å². The number of hydrogen-bond donors (Lipinski definition) is 1. The Labute approximate surface area is 147 Å². The SMILES string of the molecule is CCOC(=O)c1cnn(C)c1NC(=O)CN(C)C(C)c1ccccc1. The first kappa shape index (κ1) is 18.7. The van der Waals surface area contributed by atoms with Crippen LogP contribution in [0.2, 0.25) is 0 Å². The summed E-state index contributed by atoms with van der Waals surface area (Å²) < 4.78 is 6.44. The van der Waals surface area contributed by atoms with Crippen molar-refractivity contribution >= 4 is 17.7 Å². The third-order valence-corrected chi connectivity index (χ3v) is 4.03. The minimum atomic E-state index is -0.503. The fraction of sp³-hybridized carbons (Fsp3) is 0.389. The molecule has 1 heterocycles. The number of aryl methyl sites for hydroxylation is 1. The highest BCUT2D eigenvalue weighted by atomic mass is 16.5. The summed E-state index contributed by atoms with van der Waals surface area (Å²) >= 11 is 0. The number of carbonyl (C=O) groups is 2. The van der Waals surface area contributed by atoms with Crippen LogP contribution in [0, 0.1) is 0 Å². The number of hydrogen-bond acceptors (Lipinski definition) is 5. The van der Waals surface area contributed by atoms with Crippen LogP contribution in [0.1, 0.15) is 35.8 Å². The van der Waals surface area contributed by atoms with E-state index in [4.69, 9.17) is 4.74 Å². The normalized spacial score (nSPS) is 12.0. The number of benzene rings is 1. The Bertz CT molecular complexity index is 727. The van der Waals surface area contributed by atoms with Gasteiger partial charge >= 0.3 is 5.97 Å². The Morgan fingerprint density at radius 2 is 2.00 bits per heavy atom. The number of likely N-dealkylation sites (N-methyl/N-ethyl adjacent to an activating group) is 1. The molecule has 1 aromatic heterocycles. The molecule has 0 aliphatic carbocycles. The molecule has 0 bridgehead atoms. The lowest BCUT2D eigenvalue weighted by Crippen LogP contribution is -2.33. The number of ether oxygens (including phenoxy) is 1. The lowest BCUT2D eigenvalue weighted by molar-refractivity contribution is -0.117. The van der Waals surface area contributed by atoms with E-state index in [1.165, 1.54) is 10.9 Å². The molecule has 0 aliphatic rings. The summed E-state index contributed by atoms with van der Waals surface area (Å²) in [4.78, 5) is 26.3. The van der Waals surface area contributed by atoms with E-state index in [2.05, 4.69) is 10.4 Å². The predicted octanol–water partition coefficient (Wildman–Crippen LogP) is 2.23. The highest BCUT2D eigenvalue weighted by molar-refractivity contribution is 6.00. The molecule has 1 unspecified atom stereocenters. The Morgan fingerprint density at radius 3 is 2.64 bits per heavy atom. The van der Waals surface area contributed by atoms with Gasteiger partial charge in [0.05, 0.1) is 19.3 Å². The lowest BCUT2D eigenvalue weighted by Gasteiger charge is -2.24. The van der Waals surface area contributed by atoms with Gasteiger partial charge in [-0.25, -0.2) is 4.79 Å². The summed E-state index contributed by atoms with van der Waals surface area (Å²) in [7, 11) is 3.54. The van der Waals surface area contributed by atoms with Crippen LogP contribution in [0.15, 0.2) is 36.5 Å². The number of rotatable bonds is 7. The molecular weight excluding hydrogens is 320 g/mol. The van der Waals surface area contributed by atoms with Crippen LogP contribution >= 0.6 is 0 Å². The average molecular weight is 344 g/mol. The molecule has 0 spiro atoms. The molecule has 1 N–H and O–H groups in total. The Hall–Kier alpha value is -2.67. The van der Waals surface area contributed by atoms with Crippen LogP contribution in [0.25, 0.3) is 0 Å². The summed E-state index contributed by atoms with van der Waals surface area (Å²) in [6, 6.07) is 10.0. The second-order valence-electron chi connectivity index (χ2n) is 5.80. The maximum atomic E-state index is 12.4. The number of anilines is 1. The van der Waals surface area contributed by atoms with Crippen molar-refractivity contribution in [2.75, 3.05) is 25.5 Å². The number of amides is 1. The van der Waals surface area contributed by atoms with Gasteiger partial charge in [-0.15, -0.1) is 0 Å². The van der Waals surface area contributed by atoms with Gasteiger partial charge in [0, 0.05) is 13.1 Å². The van der Waals surface area contributed by atoms with Crippen molar-refractivity contribution in [3.05, 3.63) is 47.7 Å². The second-order valence-corrected chi connectivity index (χ2v) is 5.80.